The molecule has 2 nitrogen and oxygen atoms in total. The van der Waals surface area contributed by atoms with Gasteiger partial charge in [-0.1, -0.05) is 144 Å². The summed E-state index contributed by atoms with van der Waals surface area (Å²) in [4.78, 5) is 0. The average molecular weight is 672 g/mol. The van der Waals surface area contributed by atoms with Crippen molar-refractivity contribution < 1.29 is 0 Å². The highest BCUT2D eigenvalue weighted by Crippen LogP contribution is 2.40. The summed E-state index contributed by atoms with van der Waals surface area (Å²) in [6, 6.07) is 64.0. The molecule has 2 aromatic heterocycles. The smallest absolute Gasteiger partial charge is 0.141 e. The lowest BCUT2D eigenvalue weighted by molar-refractivity contribution is 1.18. The molecular formula is C48H35B3N2. The third-order valence-corrected chi connectivity index (χ3v) is 11.3. The monoisotopic (exact) mass is 672 g/mol. The maximum absolute atomic E-state index is 2.47. The van der Waals surface area contributed by atoms with E-state index in [2.05, 4.69) is 209 Å². The van der Waals surface area contributed by atoms with Crippen molar-refractivity contribution >= 4 is 83.5 Å². The Morgan fingerprint density at radius 2 is 0.906 bits per heavy atom. The molecule has 246 valence electrons. The van der Waals surface area contributed by atoms with E-state index in [1.807, 2.05) is 0 Å². The van der Waals surface area contributed by atoms with Crippen LogP contribution in [0.15, 0.2) is 176 Å². The summed E-state index contributed by atoms with van der Waals surface area (Å²) in [6.45, 7) is 0. The molecule has 10 rings (SSSR count). The van der Waals surface area contributed by atoms with Crippen molar-refractivity contribution in [1.29, 1.82) is 0 Å². The predicted molar refractivity (Wildman–Crippen MR) is 236 cm³/mol. The first-order chi connectivity index (χ1) is 26.1. The van der Waals surface area contributed by atoms with Gasteiger partial charge in [-0.25, -0.2) is 0 Å². The Morgan fingerprint density at radius 3 is 1.64 bits per heavy atom. The molecule has 0 aliphatic heterocycles. The van der Waals surface area contributed by atoms with Gasteiger partial charge in [0.05, 0.1) is 16.6 Å². The van der Waals surface area contributed by atoms with E-state index in [1.165, 1.54) is 105 Å². The second-order valence-electron chi connectivity index (χ2n) is 14.2. The normalized spacial score (nSPS) is 11.6. The second kappa shape index (κ2) is 12.4. The van der Waals surface area contributed by atoms with Gasteiger partial charge < -0.3 is 9.13 Å². The van der Waals surface area contributed by atoms with Crippen LogP contribution in [0.5, 0.6) is 0 Å². The van der Waals surface area contributed by atoms with Crippen molar-refractivity contribution in [2.24, 2.45) is 0 Å². The Kier molecular flexibility index (Phi) is 7.30. The summed E-state index contributed by atoms with van der Waals surface area (Å²) >= 11 is 0. The highest BCUT2D eigenvalue weighted by molar-refractivity contribution is 6.60. The lowest BCUT2D eigenvalue weighted by Gasteiger charge is -2.19. The van der Waals surface area contributed by atoms with Gasteiger partial charge in [-0.2, -0.15) is 0 Å². The highest BCUT2D eigenvalue weighted by Gasteiger charge is 2.23. The second-order valence-corrected chi connectivity index (χ2v) is 14.2. The fourth-order valence-corrected chi connectivity index (χ4v) is 8.82. The quantitative estimate of drug-likeness (QED) is 0.166. The van der Waals surface area contributed by atoms with Crippen LogP contribution in [0.25, 0.3) is 88.4 Å². The lowest BCUT2D eigenvalue weighted by atomic mass is 9.69. The van der Waals surface area contributed by atoms with Crippen molar-refractivity contribution in [3.05, 3.63) is 176 Å². The molecule has 0 aliphatic carbocycles. The molecule has 0 saturated carbocycles. The summed E-state index contributed by atoms with van der Waals surface area (Å²) in [5.74, 6) is 0. The molecule has 0 radical (unpaired) electrons. The molecule has 0 spiro atoms. The summed E-state index contributed by atoms with van der Waals surface area (Å²) in [5, 5.41) is 5.15. The van der Waals surface area contributed by atoms with Gasteiger partial charge in [-0.15, -0.1) is 0 Å². The Morgan fingerprint density at radius 1 is 0.340 bits per heavy atom. The minimum Gasteiger partial charge on any atom is -0.310 e. The first kappa shape index (κ1) is 31.3. The summed E-state index contributed by atoms with van der Waals surface area (Å²) in [7, 11) is 6.94. The maximum Gasteiger partial charge on any atom is 0.141 e. The minimum absolute atomic E-state index is 1.17. The third kappa shape index (κ3) is 4.84. The molecule has 0 fully saturated rings. The van der Waals surface area contributed by atoms with Gasteiger partial charge in [-0.05, 0) is 81.9 Å². The summed E-state index contributed by atoms with van der Waals surface area (Å²) < 4.78 is 4.90. The Balaban J connectivity index is 1.23. The van der Waals surface area contributed by atoms with E-state index in [-0.39, 0.29) is 0 Å². The van der Waals surface area contributed by atoms with E-state index in [0.29, 0.717) is 0 Å². The molecule has 0 unspecified atom stereocenters. The third-order valence-electron chi connectivity index (χ3n) is 11.3. The van der Waals surface area contributed by atoms with Gasteiger partial charge in [0.25, 0.3) is 0 Å². The zero-order valence-electron chi connectivity index (χ0n) is 30.1. The van der Waals surface area contributed by atoms with E-state index in [1.54, 1.807) is 0 Å². The largest absolute Gasteiger partial charge is 0.310 e. The van der Waals surface area contributed by atoms with Gasteiger partial charge in [0.2, 0.25) is 0 Å². The first-order valence-electron chi connectivity index (χ1n) is 18.5. The van der Waals surface area contributed by atoms with Gasteiger partial charge in [0, 0.05) is 38.4 Å². The van der Waals surface area contributed by atoms with E-state index in [0.717, 1.165) is 0 Å². The van der Waals surface area contributed by atoms with Crippen molar-refractivity contribution in [3.8, 4) is 44.8 Å². The topological polar surface area (TPSA) is 9.86 Å². The van der Waals surface area contributed by atoms with Crippen LogP contribution in [0.2, 0.25) is 0 Å². The molecule has 5 heteroatoms. The number of benzene rings is 8. The van der Waals surface area contributed by atoms with Gasteiger partial charge >= 0.3 is 0 Å². The fourth-order valence-electron chi connectivity index (χ4n) is 8.82. The van der Waals surface area contributed by atoms with Crippen molar-refractivity contribution in [2.45, 2.75) is 0 Å². The molecule has 0 aliphatic rings. The molecule has 0 N–H and O–H groups in total. The van der Waals surface area contributed by atoms with Crippen molar-refractivity contribution in [2.75, 3.05) is 0 Å². The van der Waals surface area contributed by atoms with Crippen LogP contribution in [0.1, 0.15) is 0 Å². The highest BCUT2D eigenvalue weighted by atomic mass is 15.0. The maximum atomic E-state index is 2.47. The Labute approximate surface area is 312 Å². The SMILES string of the molecule is Bc1c(-c2ccc3c(c2)c2c(-c4ccccc4)cccc2n3-c2ccccc2)c(B)c2c3ccccc3n(-c3ccc(-c4ccccc4)cc3)c2c1B. The van der Waals surface area contributed by atoms with Crippen LogP contribution in [-0.4, -0.2) is 32.7 Å². The van der Waals surface area contributed by atoms with E-state index < -0.39 is 0 Å². The van der Waals surface area contributed by atoms with E-state index >= 15 is 0 Å². The summed E-state index contributed by atoms with van der Waals surface area (Å²) in [5.41, 5.74) is 18.7. The molecule has 0 atom stereocenters. The van der Waals surface area contributed by atoms with Gasteiger partial charge in [0.15, 0.2) is 0 Å². The van der Waals surface area contributed by atoms with Crippen LogP contribution in [0, 0.1) is 0 Å². The molecular weight excluding hydrogens is 637 g/mol. The van der Waals surface area contributed by atoms with Crippen molar-refractivity contribution in [1.82, 2.24) is 9.13 Å². The molecule has 0 amide bonds. The van der Waals surface area contributed by atoms with Crippen molar-refractivity contribution in [3.63, 3.8) is 0 Å². The summed E-state index contributed by atoms with van der Waals surface area (Å²) in [6.07, 6.45) is 0. The number of rotatable bonds is 5. The van der Waals surface area contributed by atoms with Gasteiger partial charge in [0.1, 0.15) is 23.5 Å². The first-order valence-corrected chi connectivity index (χ1v) is 18.5. The minimum atomic E-state index is 1.17. The molecule has 2 heterocycles. The Bertz CT molecular complexity index is 3000. The average Bonchev–Trinajstić information content (AvgIpc) is 3.75. The fraction of sp³-hybridized carbons (Fsp3) is 0. The van der Waals surface area contributed by atoms with Crippen LogP contribution in [0.4, 0.5) is 0 Å². The molecule has 0 bridgehead atoms. The van der Waals surface area contributed by atoms with Crippen LogP contribution in [-0.2, 0) is 0 Å². The van der Waals surface area contributed by atoms with Crippen LogP contribution in [0.3, 0.4) is 0 Å². The number of fused-ring (bicyclic) bond motifs is 6. The predicted octanol–water partition coefficient (Wildman–Crippen LogP) is 7.66. The number of aromatic nitrogens is 2. The molecule has 10 aromatic rings. The molecule has 8 aromatic carbocycles. The molecule has 53 heavy (non-hydrogen) atoms. The number of hydrogen-bond donors (Lipinski definition) is 0. The molecule has 0 saturated heterocycles. The van der Waals surface area contributed by atoms with E-state index in [4.69, 9.17) is 0 Å². The number of hydrogen-bond acceptors (Lipinski definition) is 0. The standard InChI is InChI=1S/C48H35B3N2/c49-45-42(33-25-28-40-38(29-33)43-36(32-15-6-2-7-16-32)20-12-22-41(43)52(40)34-17-8-3-9-18-34)46(50)47(51)48-44(45)37-19-10-11-21-39(37)53(48)35-26-23-31(24-27-35)30-13-4-1-5-14-30/h1-29H,49-51H2. The van der Waals surface area contributed by atoms with Gasteiger partial charge in [-0.3, -0.25) is 0 Å². The zero-order chi connectivity index (χ0) is 35.6. The van der Waals surface area contributed by atoms with Crippen LogP contribution < -0.4 is 16.4 Å². The van der Waals surface area contributed by atoms with Crippen LogP contribution >= 0.6 is 0 Å². The zero-order valence-corrected chi connectivity index (χ0v) is 30.1. The number of para-hydroxylation sites is 2. The van der Waals surface area contributed by atoms with E-state index in [9.17, 15) is 0 Å². The Hall–Kier alpha value is -6.45. The number of nitrogens with zero attached hydrogens (tertiary/aromatic N) is 2. The lowest BCUT2D eigenvalue weighted by Crippen LogP contribution is -2.35.